The third-order valence-electron chi connectivity index (χ3n) is 5.53. The highest BCUT2D eigenvalue weighted by Crippen LogP contribution is 2.34. The van der Waals surface area contributed by atoms with Crippen molar-refractivity contribution < 1.29 is 13.9 Å². The normalized spacial score (nSPS) is 10.8. The van der Waals surface area contributed by atoms with Gasteiger partial charge in [-0.3, -0.25) is 0 Å². The molecular formula is C27H22N2O3. The number of ether oxygens (including phenoxy) is 2. The molecule has 0 aliphatic rings. The predicted molar refractivity (Wildman–Crippen MR) is 124 cm³/mol. The third-order valence-corrected chi connectivity index (χ3v) is 5.53. The fourth-order valence-corrected chi connectivity index (χ4v) is 3.81. The van der Waals surface area contributed by atoms with Crippen molar-refractivity contribution in [2.24, 2.45) is 0 Å². The Balaban J connectivity index is 1.49. The summed E-state index contributed by atoms with van der Waals surface area (Å²) >= 11 is 0. The Labute approximate surface area is 186 Å². The molecule has 0 spiro atoms. The first-order chi connectivity index (χ1) is 15.7. The molecule has 3 aromatic carbocycles. The van der Waals surface area contributed by atoms with E-state index in [2.05, 4.69) is 23.2 Å². The molecule has 5 heteroatoms. The maximum absolute atomic E-state index is 6.29. The molecule has 0 amide bonds. The van der Waals surface area contributed by atoms with Gasteiger partial charge in [-0.1, -0.05) is 6.07 Å². The number of oxazole rings is 1. The smallest absolute Gasteiger partial charge is 0.195 e. The van der Waals surface area contributed by atoms with E-state index in [4.69, 9.17) is 18.9 Å². The number of hydrogen-bond donors (Lipinski definition) is 1. The van der Waals surface area contributed by atoms with Gasteiger partial charge in [0.25, 0.3) is 0 Å². The second kappa shape index (κ2) is 8.52. The van der Waals surface area contributed by atoms with E-state index in [-0.39, 0.29) is 0 Å². The number of H-pyrrole nitrogens is 1. The van der Waals surface area contributed by atoms with E-state index >= 15 is 0 Å². The minimum atomic E-state index is 0.685. The second-order valence-corrected chi connectivity index (χ2v) is 7.45. The Morgan fingerprint density at radius 3 is 2.25 bits per heavy atom. The van der Waals surface area contributed by atoms with E-state index in [1.807, 2.05) is 60.8 Å². The Hall–Kier alpha value is -4.17. The lowest BCUT2D eigenvalue weighted by atomic mass is 10.1. The highest BCUT2D eigenvalue weighted by atomic mass is 16.5. The Morgan fingerprint density at radius 2 is 1.56 bits per heavy atom. The van der Waals surface area contributed by atoms with Gasteiger partial charge in [0, 0.05) is 29.1 Å². The first kappa shape index (κ1) is 19.8. The first-order valence-electron chi connectivity index (χ1n) is 10.4. The van der Waals surface area contributed by atoms with Crippen molar-refractivity contribution in [2.45, 2.75) is 12.8 Å². The summed E-state index contributed by atoms with van der Waals surface area (Å²) in [5, 5.41) is 1.15. The average molecular weight is 422 g/mol. The highest BCUT2D eigenvalue weighted by molar-refractivity contribution is 5.81. The monoisotopic (exact) mass is 422 g/mol. The van der Waals surface area contributed by atoms with Crippen molar-refractivity contribution in [3.05, 3.63) is 90.4 Å². The van der Waals surface area contributed by atoms with Crippen LogP contribution in [0.3, 0.4) is 0 Å². The molecule has 0 fully saturated rings. The van der Waals surface area contributed by atoms with Crippen molar-refractivity contribution in [3.63, 3.8) is 0 Å². The summed E-state index contributed by atoms with van der Waals surface area (Å²) in [4.78, 5) is 8.12. The minimum absolute atomic E-state index is 0.685. The number of fused-ring (bicyclic) bond motifs is 1. The zero-order chi connectivity index (χ0) is 21.9. The summed E-state index contributed by atoms with van der Waals surface area (Å²) in [5.74, 6) is 3.04. The molecule has 5 nitrogen and oxygen atoms in total. The Morgan fingerprint density at radius 1 is 0.875 bits per heavy atom. The lowest BCUT2D eigenvalue weighted by Gasteiger charge is -2.04. The van der Waals surface area contributed by atoms with Crippen LogP contribution in [0.1, 0.15) is 11.5 Å². The number of nitrogens with zero attached hydrogens (tertiary/aromatic N) is 1. The molecule has 5 aromatic rings. The lowest BCUT2D eigenvalue weighted by Crippen LogP contribution is -1.91. The number of hydrogen-bond acceptors (Lipinski definition) is 4. The highest BCUT2D eigenvalue weighted by Gasteiger charge is 2.18. The molecular weight excluding hydrogens is 400 g/mol. The maximum Gasteiger partial charge on any atom is 0.195 e. The SMILES string of the molecule is COc1ccc(-c2nc(CCc3c[nH]c4c#cccc34)oc2-c2ccc(OC)cc2)cc1. The summed E-state index contributed by atoms with van der Waals surface area (Å²) in [6.07, 6.45) is 3.51. The van der Waals surface area contributed by atoms with Crippen LogP contribution in [0, 0.1) is 12.1 Å². The van der Waals surface area contributed by atoms with Crippen LogP contribution >= 0.6 is 0 Å². The van der Waals surface area contributed by atoms with Crippen LogP contribution in [0.5, 0.6) is 11.5 Å². The van der Waals surface area contributed by atoms with Gasteiger partial charge in [-0.25, -0.2) is 4.98 Å². The molecule has 0 aliphatic carbocycles. The molecule has 0 aliphatic heterocycles. The molecule has 5 rings (SSSR count). The number of aromatic nitrogens is 2. The van der Waals surface area contributed by atoms with Gasteiger partial charge >= 0.3 is 0 Å². The van der Waals surface area contributed by atoms with E-state index in [1.165, 1.54) is 5.56 Å². The summed E-state index contributed by atoms with van der Waals surface area (Å²) in [7, 11) is 3.32. The van der Waals surface area contributed by atoms with E-state index in [9.17, 15) is 0 Å². The van der Waals surface area contributed by atoms with Gasteiger partial charge < -0.3 is 18.9 Å². The number of benzene rings is 2. The number of aryl methyl sites for hydroxylation is 2. The molecule has 0 unspecified atom stereocenters. The summed E-state index contributed by atoms with van der Waals surface area (Å²) in [5.41, 5.74) is 4.92. The largest absolute Gasteiger partial charge is 0.497 e. The van der Waals surface area contributed by atoms with E-state index in [0.29, 0.717) is 12.3 Å². The Bertz CT molecular complexity index is 1270. The average Bonchev–Trinajstić information content (AvgIpc) is 3.47. The summed E-state index contributed by atoms with van der Waals surface area (Å²) in [6, 6.07) is 25.7. The van der Waals surface area contributed by atoms with Crippen LogP contribution in [0.15, 0.2) is 71.3 Å². The van der Waals surface area contributed by atoms with Crippen LogP contribution in [0.4, 0.5) is 0 Å². The fourth-order valence-electron chi connectivity index (χ4n) is 3.81. The van der Waals surface area contributed by atoms with Gasteiger partial charge in [-0.15, -0.1) is 0 Å². The van der Waals surface area contributed by atoms with Gasteiger partial charge in [-0.05, 0) is 78.7 Å². The van der Waals surface area contributed by atoms with Crippen LogP contribution in [-0.4, -0.2) is 24.2 Å². The second-order valence-electron chi connectivity index (χ2n) is 7.45. The number of nitrogens with one attached hydrogen (secondary N) is 1. The van der Waals surface area contributed by atoms with Gasteiger partial charge in [-0.2, -0.15) is 0 Å². The minimum Gasteiger partial charge on any atom is -0.497 e. The van der Waals surface area contributed by atoms with Gasteiger partial charge in [0.05, 0.1) is 19.7 Å². The molecule has 2 heterocycles. The molecule has 0 bridgehead atoms. The van der Waals surface area contributed by atoms with E-state index < -0.39 is 0 Å². The number of rotatable bonds is 7. The van der Waals surface area contributed by atoms with Crippen LogP contribution in [-0.2, 0) is 12.8 Å². The van der Waals surface area contributed by atoms with Crippen LogP contribution < -0.4 is 9.47 Å². The zero-order valence-electron chi connectivity index (χ0n) is 17.9. The zero-order valence-corrected chi connectivity index (χ0v) is 17.9. The quantitative estimate of drug-likeness (QED) is 0.355. The molecule has 0 saturated heterocycles. The Kier molecular flexibility index (Phi) is 5.27. The van der Waals surface area contributed by atoms with Crippen molar-refractivity contribution in [2.75, 3.05) is 14.2 Å². The molecule has 0 radical (unpaired) electrons. The summed E-state index contributed by atoms with van der Waals surface area (Å²) in [6.45, 7) is 0. The fraction of sp³-hybridized carbons (Fsp3) is 0.148. The molecule has 0 saturated carbocycles. The number of aromatic amines is 1. The lowest BCUT2D eigenvalue weighted by molar-refractivity contribution is 0.414. The van der Waals surface area contributed by atoms with Gasteiger partial charge in [0.15, 0.2) is 11.7 Å². The molecule has 158 valence electrons. The predicted octanol–water partition coefficient (Wildman–Crippen LogP) is 5.89. The van der Waals surface area contributed by atoms with Crippen molar-refractivity contribution in [1.29, 1.82) is 0 Å². The van der Waals surface area contributed by atoms with E-state index in [0.717, 1.165) is 51.4 Å². The van der Waals surface area contributed by atoms with Gasteiger partial charge in [0.2, 0.25) is 0 Å². The third kappa shape index (κ3) is 3.79. The first-order valence-corrected chi connectivity index (χ1v) is 10.4. The van der Waals surface area contributed by atoms with Crippen molar-refractivity contribution in [1.82, 2.24) is 9.97 Å². The topological polar surface area (TPSA) is 60.3 Å². The maximum atomic E-state index is 6.29. The van der Waals surface area contributed by atoms with Gasteiger partial charge in [0.1, 0.15) is 17.2 Å². The van der Waals surface area contributed by atoms with Crippen molar-refractivity contribution in [3.8, 4) is 34.1 Å². The van der Waals surface area contributed by atoms with Crippen LogP contribution in [0.2, 0.25) is 0 Å². The molecule has 2 aromatic heterocycles. The molecule has 0 atom stereocenters. The number of methoxy groups -OCH3 is 2. The van der Waals surface area contributed by atoms with Crippen molar-refractivity contribution >= 4 is 10.9 Å². The molecule has 32 heavy (non-hydrogen) atoms. The summed E-state index contributed by atoms with van der Waals surface area (Å²) < 4.78 is 16.9. The van der Waals surface area contributed by atoms with Crippen LogP contribution in [0.25, 0.3) is 33.5 Å². The standard InChI is InChI=1S/C27H22N2O3/c1-30-21-12-7-18(8-13-21)26-27(19-9-14-22(31-2)15-10-19)32-25(29-26)16-11-20-17-28-24-6-4-3-5-23(20)24/h3,5,7-10,12-15,17,28H,11,16H2,1-2H3. The molecule has 1 N–H and O–H groups in total. The van der Waals surface area contributed by atoms with E-state index in [1.54, 1.807) is 14.2 Å².